The fourth-order valence-corrected chi connectivity index (χ4v) is 3.84. The minimum atomic E-state index is -4.56. The van der Waals surface area contributed by atoms with Gasteiger partial charge in [0, 0.05) is 43.4 Å². The van der Waals surface area contributed by atoms with E-state index in [2.05, 4.69) is 19.9 Å². The van der Waals surface area contributed by atoms with Gasteiger partial charge in [0.05, 0.1) is 29.7 Å². The molecule has 9 nitrogen and oxygen atoms in total. The summed E-state index contributed by atoms with van der Waals surface area (Å²) in [6.07, 6.45) is 1.60. The fourth-order valence-electron chi connectivity index (χ4n) is 3.69. The molecule has 1 atom stereocenters. The van der Waals surface area contributed by atoms with Crippen molar-refractivity contribution in [2.45, 2.75) is 19.1 Å². The molecular formula is C20H19ClF3N7O2. The topological polar surface area (TPSA) is 107 Å². The predicted molar refractivity (Wildman–Crippen MR) is 115 cm³/mol. The van der Waals surface area contributed by atoms with E-state index in [-0.39, 0.29) is 25.5 Å². The van der Waals surface area contributed by atoms with Gasteiger partial charge in [-0.05, 0) is 6.07 Å². The van der Waals surface area contributed by atoms with Crippen LogP contribution in [0.15, 0.2) is 30.9 Å². The van der Waals surface area contributed by atoms with E-state index in [9.17, 15) is 22.8 Å². The van der Waals surface area contributed by atoms with Gasteiger partial charge in [-0.25, -0.2) is 9.97 Å². The Morgan fingerprint density at radius 1 is 1.27 bits per heavy atom. The number of anilines is 1. The van der Waals surface area contributed by atoms with Crippen molar-refractivity contribution in [3.05, 3.63) is 35.9 Å². The summed E-state index contributed by atoms with van der Waals surface area (Å²) in [5, 5.41) is 3.06. The molecule has 1 fully saturated rings. The van der Waals surface area contributed by atoms with Crippen molar-refractivity contribution in [3.8, 4) is 11.3 Å². The molecule has 0 saturated carbocycles. The second-order valence-corrected chi connectivity index (χ2v) is 7.96. The largest absolute Gasteiger partial charge is 0.405 e. The number of aromatic amines is 1. The summed E-state index contributed by atoms with van der Waals surface area (Å²) >= 11 is 6.07. The van der Waals surface area contributed by atoms with Crippen LogP contribution in [0.25, 0.3) is 22.3 Å². The molecule has 174 valence electrons. The number of hydrogen-bond donors (Lipinski definition) is 2. The second-order valence-electron chi connectivity index (χ2n) is 7.52. The van der Waals surface area contributed by atoms with Gasteiger partial charge in [-0.3, -0.25) is 14.6 Å². The summed E-state index contributed by atoms with van der Waals surface area (Å²) in [6.45, 7) is 0.291. The first-order chi connectivity index (χ1) is 15.6. The van der Waals surface area contributed by atoms with Gasteiger partial charge < -0.3 is 20.1 Å². The van der Waals surface area contributed by atoms with E-state index in [0.717, 1.165) is 5.39 Å². The number of alkyl halides is 3. The van der Waals surface area contributed by atoms with Crippen LogP contribution in [0.4, 0.5) is 19.0 Å². The number of piperazine rings is 1. The zero-order chi connectivity index (χ0) is 23.8. The van der Waals surface area contributed by atoms with Crippen LogP contribution in [0.1, 0.15) is 6.92 Å². The van der Waals surface area contributed by atoms with Crippen LogP contribution >= 0.6 is 11.6 Å². The summed E-state index contributed by atoms with van der Waals surface area (Å²) in [7, 11) is 0. The number of fused-ring (bicyclic) bond motifs is 1. The number of halogens is 4. The second kappa shape index (κ2) is 8.85. The average molecular weight is 482 g/mol. The summed E-state index contributed by atoms with van der Waals surface area (Å²) in [4.78, 5) is 43.5. The lowest BCUT2D eigenvalue weighted by Crippen LogP contribution is -2.60. The van der Waals surface area contributed by atoms with Gasteiger partial charge in [0.15, 0.2) is 0 Å². The summed E-state index contributed by atoms with van der Waals surface area (Å²) in [6, 6.07) is 0.664. The molecule has 0 radical (unpaired) electrons. The molecular weight excluding hydrogens is 463 g/mol. The number of carbonyl (C=O) groups excluding carboxylic acids is 2. The SMILES string of the molecule is CC(=O)N1CCN(c2cncc(-c3c[nH]c4ncc(Cl)cc34)n2)[C@@H](C(=O)NCC(F)(F)F)C1. The minimum Gasteiger partial charge on any atom is -0.345 e. The van der Waals surface area contributed by atoms with E-state index in [1.165, 1.54) is 30.4 Å². The summed E-state index contributed by atoms with van der Waals surface area (Å²) < 4.78 is 37.9. The molecule has 3 aromatic rings. The van der Waals surface area contributed by atoms with Gasteiger partial charge in [0.2, 0.25) is 11.8 Å². The molecule has 13 heteroatoms. The number of nitrogens with zero attached hydrogens (tertiary/aromatic N) is 5. The number of nitrogens with one attached hydrogen (secondary N) is 2. The molecule has 1 aliphatic heterocycles. The molecule has 2 amide bonds. The third-order valence-electron chi connectivity index (χ3n) is 5.28. The Kier molecular flexibility index (Phi) is 6.11. The number of hydrogen-bond acceptors (Lipinski definition) is 6. The number of aromatic nitrogens is 4. The molecule has 0 aromatic carbocycles. The summed E-state index contributed by atoms with van der Waals surface area (Å²) in [5.74, 6) is -0.827. The highest BCUT2D eigenvalue weighted by Crippen LogP contribution is 2.29. The molecule has 33 heavy (non-hydrogen) atoms. The Labute approximate surface area is 191 Å². The van der Waals surface area contributed by atoms with Crippen molar-refractivity contribution in [1.82, 2.24) is 30.2 Å². The average Bonchev–Trinajstić information content (AvgIpc) is 3.19. The molecule has 3 aromatic heterocycles. The highest BCUT2D eigenvalue weighted by molar-refractivity contribution is 6.31. The van der Waals surface area contributed by atoms with Crippen LogP contribution in [-0.4, -0.2) is 75.0 Å². The Hall–Kier alpha value is -3.41. The van der Waals surface area contributed by atoms with Gasteiger partial charge in [-0.15, -0.1) is 0 Å². The van der Waals surface area contributed by atoms with Crippen molar-refractivity contribution in [1.29, 1.82) is 0 Å². The van der Waals surface area contributed by atoms with Gasteiger partial charge in [0.25, 0.3) is 0 Å². The van der Waals surface area contributed by atoms with Gasteiger partial charge in [0.1, 0.15) is 24.1 Å². The van der Waals surface area contributed by atoms with E-state index < -0.39 is 24.7 Å². The number of rotatable bonds is 4. The number of pyridine rings is 1. The zero-order valence-electron chi connectivity index (χ0n) is 17.4. The number of amides is 2. The normalized spacial score (nSPS) is 16.8. The first-order valence-corrected chi connectivity index (χ1v) is 10.3. The lowest BCUT2D eigenvalue weighted by Gasteiger charge is -2.40. The molecule has 2 N–H and O–H groups in total. The van der Waals surface area contributed by atoms with Crippen LogP contribution in [0.3, 0.4) is 0 Å². The van der Waals surface area contributed by atoms with Crippen molar-refractivity contribution in [2.24, 2.45) is 0 Å². The zero-order valence-corrected chi connectivity index (χ0v) is 18.1. The number of carbonyl (C=O) groups is 2. The first-order valence-electron chi connectivity index (χ1n) is 9.94. The highest BCUT2D eigenvalue weighted by atomic mass is 35.5. The van der Waals surface area contributed by atoms with Crippen LogP contribution in [0, 0.1) is 0 Å². The fraction of sp³-hybridized carbons (Fsp3) is 0.350. The smallest absolute Gasteiger partial charge is 0.345 e. The first kappa shape index (κ1) is 22.8. The molecule has 0 spiro atoms. The quantitative estimate of drug-likeness (QED) is 0.592. The standard InChI is InChI=1S/C20H19ClF3N7O2/c1-11(32)30-2-3-31(16(9-30)19(33)28-10-20(22,23)24)17-8-25-7-15(29-17)14-6-27-18-13(14)4-12(21)5-26-18/h4-8,16H,2-3,9-10H2,1H3,(H,26,27)(H,28,33)/t16-/m1/s1. The molecule has 1 saturated heterocycles. The maximum Gasteiger partial charge on any atom is 0.405 e. The van der Waals surface area contributed by atoms with E-state index in [4.69, 9.17) is 11.6 Å². The van der Waals surface area contributed by atoms with Crippen molar-refractivity contribution >= 4 is 40.3 Å². The maximum absolute atomic E-state index is 12.7. The van der Waals surface area contributed by atoms with Gasteiger partial charge in [-0.1, -0.05) is 11.6 Å². The van der Waals surface area contributed by atoms with Crippen LogP contribution in [0.2, 0.25) is 5.02 Å². The van der Waals surface area contributed by atoms with Crippen LogP contribution in [0.5, 0.6) is 0 Å². The van der Waals surface area contributed by atoms with Crippen LogP contribution in [-0.2, 0) is 9.59 Å². The Balaban J connectivity index is 1.66. The molecule has 0 bridgehead atoms. The number of H-pyrrole nitrogens is 1. The molecule has 4 heterocycles. The van der Waals surface area contributed by atoms with E-state index in [1.54, 1.807) is 17.2 Å². The van der Waals surface area contributed by atoms with Crippen molar-refractivity contribution in [2.75, 3.05) is 31.1 Å². The lowest BCUT2D eigenvalue weighted by molar-refractivity contribution is -0.140. The lowest BCUT2D eigenvalue weighted by atomic mass is 10.1. The predicted octanol–water partition coefficient (Wildman–Crippen LogP) is 2.39. The Morgan fingerprint density at radius 2 is 2.06 bits per heavy atom. The van der Waals surface area contributed by atoms with Crippen molar-refractivity contribution in [3.63, 3.8) is 0 Å². The molecule has 0 unspecified atom stereocenters. The third-order valence-corrected chi connectivity index (χ3v) is 5.49. The van der Waals surface area contributed by atoms with Crippen LogP contribution < -0.4 is 10.2 Å². The highest BCUT2D eigenvalue weighted by Gasteiger charge is 2.36. The van der Waals surface area contributed by atoms with Gasteiger partial charge in [-0.2, -0.15) is 13.2 Å². The Morgan fingerprint density at radius 3 is 2.79 bits per heavy atom. The molecule has 4 rings (SSSR count). The maximum atomic E-state index is 12.7. The summed E-state index contributed by atoms with van der Waals surface area (Å²) in [5.41, 5.74) is 1.74. The molecule has 0 aliphatic carbocycles. The van der Waals surface area contributed by atoms with E-state index in [1.807, 2.05) is 5.32 Å². The Bertz CT molecular complexity index is 1200. The van der Waals surface area contributed by atoms with E-state index >= 15 is 0 Å². The van der Waals surface area contributed by atoms with Crippen molar-refractivity contribution < 1.29 is 22.8 Å². The molecule has 1 aliphatic rings. The monoisotopic (exact) mass is 481 g/mol. The third kappa shape index (κ3) is 5.00. The van der Waals surface area contributed by atoms with Gasteiger partial charge >= 0.3 is 6.18 Å². The van der Waals surface area contributed by atoms with E-state index in [0.29, 0.717) is 27.7 Å². The minimum absolute atomic E-state index is 0.0719.